The van der Waals surface area contributed by atoms with Crippen molar-refractivity contribution in [3.63, 3.8) is 0 Å². The van der Waals surface area contributed by atoms with E-state index >= 15 is 0 Å². The third-order valence-corrected chi connectivity index (χ3v) is 0. The Morgan fingerprint density at radius 2 is 0.438 bits per heavy atom. The van der Waals surface area contributed by atoms with Crippen LogP contribution in [-0.4, -0.2) is 0 Å². The van der Waals surface area contributed by atoms with Gasteiger partial charge in [-0.1, -0.05) is 0 Å². The van der Waals surface area contributed by atoms with Crippen molar-refractivity contribution in [2.75, 3.05) is 0 Å². The van der Waals surface area contributed by atoms with Crippen LogP contribution >= 0.6 is 0 Å². The summed E-state index contributed by atoms with van der Waals surface area (Å²) in [6.07, 6.45) is 0. The van der Waals surface area contributed by atoms with Crippen molar-refractivity contribution in [3.8, 4) is 0 Å². The summed E-state index contributed by atoms with van der Waals surface area (Å²) in [5.74, 6) is 0. The Kier molecular flexibility index (Phi) is 15.9. The zero-order valence-corrected chi connectivity index (χ0v) is 11.9. The van der Waals surface area contributed by atoms with Crippen molar-refractivity contribution in [3.05, 3.63) is 0 Å². The fourth-order valence-corrected chi connectivity index (χ4v) is 0. The van der Waals surface area contributed by atoms with E-state index < -0.39 is 38.9 Å². The number of hydrogen-bond donors (Lipinski definition) is 0. The number of rotatable bonds is 0. The van der Waals surface area contributed by atoms with Crippen molar-refractivity contribution in [1.82, 2.24) is 0 Å². The molecule has 0 rings (SSSR count). The van der Waals surface area contributed by atoms with Gasteiger partial charge in [0.05, 0.1) is 0 Å². The van der Waals surface area contributed by atoms with Crippen molar-refractivity contribution in [2.45, 2.75) is 0 Å². The molecule has 0 aliphatic heterocycles. The molecule has 0 aromatic rings. The van der Waals surface area contributed by atoms with Gasteiger partial charge in [0.1, 0.15) is 0 Å². The van der Waals surface area contributed by atoms with Crippen LogP contribution in [-0.2, 0) is 73.4 Å². The molecule has 0 aliphatic carbocycles. The Balaban J connectivity index is -0.0000000655. The van der Waals surface area contributed by atoms with Crippen molar-refractivity contribution < 1.29 is 124 Å². The van der Waals surface area contributed by atoms with Gasteiger partial charge in [0.2, 0.25) is 0 Å². The topological polar surface area (TPSA) is 223 Å². The SMILES string of the molecule is [Dy+3].[O]=[Mn](=[O])(=[O])[O-].[O]=[Mn](=[O])(=[O])[O-].[O]=[Mn](=[O])(=[O])[O-]. The second-order valence-electron chi connectivity index (χ2n) is 1.13. The Labute approximate surface area is 123 Å². The first-order valence-electron chi connectivity index (χ1n) is 1.85. The molecule has 0 amide bonds. The van der Waals surface area contributed by atoms with Crippen LogP contribution in [0.3, 0.4) is 0 Å². The molecule has 0 aromatic heterocycles. The molecule has 0 saturated heterocycles. The first-order chi connectivity index (χ1) is 6.00. The molecule has 0 N–H and O–H groups in total. The van der Waals surface area contributed by atoms with E-state index in [1.54, 1.807) is 0 Å². The molecule has 0 unspecified atom stereocenters. The zero-order valence-electron chi connectivity index (χ0n) is 6.35. The molecule has 12 nitrogen and oxygen atoms in total. The quantitative estimate of drug-likeness (QED) is 0.276. The van der Waals surface area contributed by atoms with Gasteiger partial charge in [0.15, 0.2) is 0 Å². The van der Waals surface area contributed by atoms with Gasteiger partial charge in [0, 0.05) is 0 Å². The van der Waals surface area contributed by atoms with Crippen LogP contribution in [0.15, 0.2) is 0 Å². The van der Waals surface area contributed by atoms with E-state index in [1.165, 1.54) is 0 Å². The first kappa shape index (κ1) is 25.7. The van der Waals surface area contributed by atoms with Crippen molar-refractivity contribution in [1.29, 1.82) is 0 Å². The van der Waals surface area contributed by atoms with Crippen LogP contribution in [0.25, 0.3) is 0 Å². The van der Waals surface area contributed by atoms with Crippen LogP contribution in [0, 0.1) is 38.2 Å². The zero-order chi connectivity index (χ0) is 13.5. The molecule has 0 heterocycles. The Morgan fingerprint density at radius 1 is 0.438 bits per heavy atom. The fourth-order valence-electron chi connectivity index (χ4n) is 0. The molecule has 0 aliphatic rings. The maximum atomic E-state index is 8.58. The maximum absolute atomic E-state index is 8.58. The van der Waals surface area contributed by atoms with E-state index in [1.807, 2.05) is 0 Å². The van der Waals surface area contributed by atoms with E-state index in [4.69, 9.17) is 47.1 Å². The summed E-state index contributed by atoms with van der Waals surface area (Å²) in [4.78, 5) is 0. The van der Waals surface area contributed by atoms with Crippen molar-refractivity contribution >= 4 is 0 Å². The fraction of sp³-hybridized carbons (Fsp3) is 0. The standard InChI is InChI=1S/Dy.3Mn.12O/q+3;;;;;;;;;;;;;3*-1. The van der Waals surface area contributed by atoms with Gasteiger partial charge in [-0.3, -0.25) is 0 Å². The summed E-state index contributed by atoms with van der Waals surface area (Å²) in [7, 11) is 0. The molecule has 0 atom stereocenters. The summed E-state index contributed by atoms with van der Waals surface area (Å²) in [5.41, 5.74) is 0. The second kappa shape index (κ2) is 9.89. The molecule has 0 saturated carbocycles. The molecule has 0 fully saturated rings. The van der Waals surface area contributed by atoms with Gasteiger partial charge >= 0.3 is 124 Å². The molecule has 0 aromatic carbocycles. The van der Waals surface area contributed by atoms with Crippen LogP contribution in [0.1, 0.15) is 0 Å². The summed E-state index contributed by atoms with van der Waals surface area (Å²) < 4.78 is 103. The predicted octanol–water partition coefficient (Wildman–Crippen LogP) is -4.64. The summed E-state index contributed by atoms with van der Waals surface area (Å²) >= 11 is -16.9. The van der Waals surface area contributed by atoms with Crippen LogP contribution in [0.5, 0.6) is 0 Å². The van der Waals surface area contributed by atoms with Crippen LogP contribution in [0.2, 0.25) is 0 Å². The molecule has 1 radical (unpaired) electrons. The average Bonchev–Trinajstić information content (AvgIpc) is 1.41. The molecular weight excluding hydrogens is 519 g/mol. The molecule has 16 heteroatoms. The van der Waals surface area contributed by atoms with Gasteiger partial charge in [-0.25, -0.2) is 0 Å². The first-order valence-corrected chi connectivity index (χ1v) is 7.63. The normalized spacial score (nSPS) is 10.7. The molecule has 16 heavy (non-hydrogen) atoms. The number of hydrogen-bond acceptors (Lipinski definition) is 12. The predicted molar refractivity (Wildman–Crippen MR) is 6.18 cm³/mol. The van der Waals surface area contributed by atoms with Crippen LogP contribution < -0.4 is 12.6 Å². The summed E-state index contributed by atoms with van der Waals surface area (Å²) in [6.45, 7) is 0. The van der Waals surface area contributed by atoms with E-state index in [0.717, 1.165) is 0 Å². The molecular formula is DyMn3O12. The average molecular weight is 519 g/mol. The monoisotopic (exact) mass is 521 g/mol. The molecule has 103 valence electrons. The van der Waals surface area contributed by atoms with E-state index in [9.17, 15) is 0 Å². The van der Waals surface area contributed by atoms with Crippen molar-refractivity contribution in [2.24, 2.45) is 0 Å². The van der Waals surface area contributed by atoms with E-state index in [-0.39, 0.29) is 38.2 Å². The van der Waals surface area contributed by atoms with Gasteiger partial charge < -0.3 is 0 Å². The Morgan fingerprint density at radius 3 is 0.438 bits per heavy atom. The third kappa shape index (κ3) is 3480. The van der Waals surface area contributed by atoms with E-state index in [0.29, 0.717) is 0 Å². The second-order valence-corrected chi connectivity index (χ2v) is 4.68. The molecule has 0 bridgehead atoms. The Hall–Kier alpha value is 0.911. The van der Waals surface area contributed by atoms with Gasteiger partial charge in [0.25, 0.3) is 0 Å². The van der Waals surface area contributed by atoms with Gasteiger partial charge in [-0.05, 0) is 0 Å². The van der Waals surface area contributed by atoms with Gasteiger partial charge in [-0.15, -0.1) is 0 Å². The summed E-state index contributed by atoms with van der Waals surface area (Å²) in [6, 6.07) is 0. The minimum atomic E-state index is -5.62. The Bertz CT molecular complexity index is 480. The molecule has 0 spiro atoms. The van der Waals surface area contributed by atoms with Gasteiger partial charge in [-0.2, -0.15) is 0 Å². The minimum absolute atomic E-state index is 0. The summed E-state index contributed by atoms with van der Waals surface area (Å²) in [5, 5.41) is 0. The van der Waals surface area contributed by atoms with E-state index in [2.05, 4.69) is 0 Å². The van der Waals surface area contributed by atoms with Crippen LogP contribution in [0.4, 0.5) is 0 Å². The third-order valence-electron chi connectivity index (χ3n) is 0.